The van der Waals surface area contributed by atoms with Crippen molar-refractivity contribution in [1.82, 2.24) is 29.2 Å². The van der Waals surface area contributed by atoms with Crippen LogP contribution in [-0.4, -0.2) is 42.8 Å². The fourth-order valence-corrected chi connectivity index (χ4v) is 4.64. The number of anilines is 2. The number of rotatable bonds is 4. The van der Waals surface area contributed by atoms with E-state index in [4.69, 9.17) is 4.98 Å². The van der Waals surface area contributed by atoms with Gasteiger partial charge in [-0.1, -0.05) is 26.8 Å². The normalized spacial score (nSPS) is 13.7. The van der Waals surface area contributed by atoms with E-state index in [0.717, 1.165) is 36.6 Å². The molecule has 0 saturated carbocycles. The Bertz CT molecular complexity index is 1470. The molecule has 0 atom stereocenters. The second kappa shape index (κ2) is 10.8. The predicted octanol–water partition coefficient (Wildman–Crippen LogP) is 5.43. The zero-order valence-corrected chi connectivity index (χ0v) is 23.8. The minimum absolute atomic E-state index is 0. The molecule has 0 radical (unpaired) electrons. The Hall–Kier alpha value is -2.94. The van der Waals surface area contributed by atoms with Crippen LogP contribution < -0.4 is 10.9 Å². The van der Waals surface area contributed by atoms with E-state index in [2.05, 4.69) is 66.2 Å². The van der Waals surface area contributed by atoms with E-state index < -0.39 is 0 Å². The number of nitrogens with one attached hydrogen (secondary N) is 1. The standard InChI is InChI=1S/C27H33N7O.2ClH/c1-17(2)33-25(35)22-15-29-26(30-20-8-7-19-16-32(6)12-10-18(19)13-20)31-24(22)34(33)21-9-11-28-23(14-21)27(3,4)5;;/h7-9,11,13-15,17H,10,12,16H2,1-6H3,(H,29,30,31);2*1H. The summed E-state index contributed by atoms with van der Waals surface area (Å²) in [6.45, 7) is 12.4. The van der Waals surface area contributed by atoms with Crippen LogP contribution in [0.15, 0.2) is 47.5 Å². The van der Waals surface area contributed by atoms with Crippen molar-refractivity contribution in [2.45, 2.75) is 59.0 Å². The number of hydrogen-bond acceptors (Lipinski definition) is 6. The largest absolute Gasteiger partial charge is 0.324 e. The zero-order valence-electron chi connectivity index (χ0n) is 22.1. The van der Waals surface area contributed by atoms with Crippen molar-refractivity contribution >= 4 is 47.5 Å². The highest BCUT2D eigenvalue weighted by Crippen LogP contribution is 2.26. The topological polar surface area (TPSA) is 80.9 Å². The van der Waals surface area contributed by atoms with Gasteiger partial charge in [-0.05, 0) is 62.7 Å². The van der Waals surface area contributed by atoms with Crippen molar-refractivity contribution in [1.29, 1.82) is 0 Å². The van der Waals surface area contributed by atoms with Gasteiger partial charge in [0.2, 0.25) is 5.95 Å². The number of aromatic nitrogens is 5. The molecule has 37 heavy (non-hydrogen) atoms. The number of hydrogen-bond donors (Lipinski definition) is 1. The lowest BCUT2D eigenvalue weighted by molar-refractivity contribution is 0.313. The Morgan fingerprint density at radius 1 is 1.03 bits per heavy atom. The predicted molar refractivity (Wildman–Crippen MR) is 154 cm³/mol. The maximum Gasteiger partial charge on any atom is 0.278 e. The molecule has 0 aliphatic carbocycles. The van der Waals surface area contributed by atoms with E-state index in [1.165, 1.54) is 11.1 Å². The molecule has 198 valence electrons. The first-order valence-corrected chi connectivity index (χ1v) is 12.2. The summed E-state index contributed by atoms with van der Waals surface area (Å²) >= 11 is 0. The van der Waals surface area contributed by atoms with Crippen LogP contribution in [0.1, 0.15) is 57.5 Å². The molecule has 1 aliphatic rings. The van der Waals surface area contributed by atoms with E-state index >= 15 is 0 Å². The molecule has 0 bridgehead atoms. The fraction of sp³-hybridized carbons (Fsp3) is 0.407. The molecule has 1 N–H and O–H groups in total. The van der Waals surface area contributed by atoms with Crippen LogP contribution in [0.5, 0.6) is 0 Å². The Labute approximate surface area is 229 Å². The van der Waals surface area contributed by atoms with Crippen LogP contribution in [-0.2, 0) is 18.4 Å². The smallest absolute Gasteiger partial charge is 0.278 e. The third-order valence-electron chi connectivity index (χ3n) is 6.53. The van der Waals surface area contributed by atoms with Gasteiger partial charge < -0.3 is 10.2 Å². The zero-order chi connectivity index (χ0) is 24.9. The van der Waals surface area contributed by atoms with Crippen molar-refractivity contribution in [2.24, 2.45) is 0 Å². The summed E-state index contributed by atoms with van der Waals surface area (Å²) in [4.78, 5) is 29.5. The van der Waals surface area contributed by atoms with Crippen LogP contribution in [0.2, 0.25) is 0 Å². The van der Waals surface area contributed by atoms with Gasteiger partial charge in [-0.25, -0.2) is 14.3 Å². The molecule has 0 spiro atoms. The Morgan fingerprint density at radius 2 is 1.78 bits per heavy atom. The molecule has 10 heteroatoms. The van der Waals surface area contributed by atoms with E-state index in [-0.39, 0.29) is 41.8 Å². The molecule has 0 fully saturated rings. The van der Waals surface area contributed by atoms with E-state index in [1.54, 1.807) is 17.1 Å². The van der Waals surface area contributed by atoms with Crippen LogP contribution in [0, 0.1) is 0 Å². The first kappa shape index (κ1) is 28.6. The summed E-state index contributed by atoms with van der Waals surface area (Å²) in [6, 6.07) is 10.3. The first-order chi connectivity index (χ1) is 16.6. The number of halogens is 2. The molecule has 3 aromatic heterocycles. The second-order valence-corrected chi connectivity index (χ2v) is 10.7. The monoisotopic (exact) mass is 543 g/mol. The number of likely N-dealkylation sites (N-methyl/N-ethyl adjacent to an activating group) is 1. The average Bonchev–Trinajstić information content (AvgIpc) is 3.10. The highest BCUT2D eigenvalue weighted by Gasteiger charge is 2.22. The third-order valence-corrected chi connectivity index (χ3v) is 6.53. The van der Waals surface area contributed by atoms with Crippen LogP contribution in [0.3, 0.4) is 0 Å². The van der Waals surface area contributed by atoms with E-state index in [9.17, 15) is 4.79 Å². The Balaban J connectivity index is 0.00000190. The lowest BCUT2D eigenvalue weighted by atomic mass is 9.91. The fourth-order valence-electron chi connectivity index (χ4n) is 4.64. The summed E-state index contributed by atoms with van der Waals surface area (Å²) in [5, 5.41) is 3.85. The highest BCUT2D eigenvalue weighted by molar-refractivity contribution is 5.85. The summed E-state index contributed by atoms with van der Waals surface area (Å²) in [7, 11) is 2.15. The summed E-state index contributed by atoms with van der Waals surface area (Å²) in [5.41, 5.74) is 5.81. The van der Waals surface area contributed by atoms with Crippen molar-refractivity contribution in [3.05, 3.63) is 69.9 Å². The van der Waals surface area contributed by atoms with E-state index in [0.29, 0.717) is 17.0 Å². The molecule has 5 rings (SSSR count). The van der Waals surface area contributed by atoms with Gasteiger partial charge in [0.1, 0.15) is 5.39 Å². The molecule has 8 nitrogen and oxygen atoms in total. The number of benzene rings is 1. The van der Waals surface area contributed by atoms with Gasteiger partial charge in [-0.2, -0.15) is 4.98 Å². The SMILES string of the molecule is CC(C)n1c(=O)c2cnc(Nc3ccc4c(c3)CCN(C)C4)nc2n1-c1ccnc(C(C)(C)C)c1.Cl.Cl. The Kier molecular flexibility index (Phi) is 8.37. The van der Waals surface area contributed by atoms with Gasteiger partial charge in [0.15, 0.2) is 5.65 Å². The van der Waals surface area contributed by atoms with Crippen LogP contribution in [0.4, 0.5) is 11.6 Å². The third kappa shape index (κ3) is 5.51. The molecular weight excluding hydrogens is 509 g/mol. The average molecular weight is 545 g/mol. The van der Waals surface area contributed by atoms with Gasteiger partial charge >= 0.3 is 0 Å². The first-order valence-electron chi connectivity index (χ1n) is 12.2. The summed E-state index contributed by atoms with van der Waals surface area (Å²) in [5.74, 6) is 0.463. The quantitative estimate of drug-likeness (QED) is 0.369. The molecule has 1 aliphatic heterocycles. The lowest BCUT2D eigenvalue weighted by Crippen LogP contribution is -2.26. The highest BCUT2D eigenvalue weighted by atomic mass is 35.5. The number of fused-ring (bicyclic) bond motifs is 2. The van der Waals surface area contributed by atoms with Crippen LogP contribution >= 0.6 is 24.8 Å². The molecular formula is C27H35Cl2N7O. The minimum atomic E-state index is -0.120. The summed E-state index contributed by atoms with van der Waals surface area (Å²) in [6.07, 6.45) is 4.44. The van der Waals surface area contributed by atoms with Crippen molar-refractivity contribution < 1.29 is 0 Å². The minimum Gasteiger partial charge on any atom is -0.324 e. The molecule has 1 aromatic carbocycles. The molecule has 0 saturated heterocycles. The van der Waals surface area contributed by atoms with Gasteiger partial charge in [-0.15, -0.1) is 24.8 Å². The maximum absolute atomic E-state index is 13.3. The molecule has 4 aromatic rings. The maximum atomic E-state index is 13.3. The van der Waals surface area contributed by atoms with Gasteiger partial charge in [0.05, 0.1) is 5.69 Å². The van der Waals surface area contributed by atoms with Crippen molar-refractivity contribution in [3.63, 3.8) is 0 Å². The lowest BCUT2D eigenvalue weighted by Gasteiger charge is -2.25. The number of nitrogens with zero attached hydrogens (tertiary/aromatic N) is 6. The molecule has 4 heterocycles. The molecule has 0 amide bonds. The van der Waals surface area contributed by atoms with Crippen molar-refractivity contribution in [3.8, 4) is 5.69 Å². The van der Waals surface area contributed by atoms with E-state index in [1.807, 2.05) is 30.7 Å². The van der Waals surface area contributed by atoms with Crippen LogP contribution in [0.25, 0.3) is 16.7 Å². The van der Waals surface area contributed by atoms with Gasteiger partial charge in [0, 0.05) is 48.3 Å². The second-order valence-electron chi connectivity index (χ2n) is 10.7. The molecule has 0 unspecified atom stereocenters. The summed E-state index contributed by atoms with van der Waals surface area (Å²) < 4.78 is 3.63. The Morgan fingerprint density at radius 3 is 2.49 bits per heavy atom. The van der Waals surface area contributed by atoms with Gasteiger partial charge in [-0.3, -0.25) is 9.78 Å². The van der Waals surface area contributed by atoms with Gasteiger partial charge in [0.25, 0.3) is 5.56 Å². The van der Waals surface area contributed by atoms with Crippen molar-refractivity contribution in [2.75, 3.05) is 18.9 Å². The number of pyridine rings is 1.